The van der Waals surface area contributed by atoms with Crippen molar-refractivity contribution in [3.63, 3.8) is 0 Å². The van der Waals surface area contributed by atoms with Crippen LogP contribution in [0, 0.1) is 4.71 Å². The van der Waals surface area contributed by atoms with Crippen molar-refractivity contribution >= 4 is 28.1 Å². The van der Waals surface area contributed by atoms with Crippen LogP contribution in [0.5, 0.6) is 0 Å². The molecule has 13 heavy (non-hydrogen) atoms. The molecule has 0 aliphatic carbocycles. The molecule has 1 heterocycles. The Kier molecular flexibility index (Phi) is 2.28. The number of halogens is 1. The summed E-state index contributed by atoms with van der Waals surface area (Å²) >= 11 is 8.23. The fourth-order valence-electron chi connectivity index (χ4n) is 1.00. The third-order valence-corrected chi connectivity index (χ3v) is 2.86. The van der Waals surface area contributed by atoms with E-state index in [0.717, 1.165) is 5.69 Å². The van der Waals surface area contributed by atoms with Gasteiger partial charge in [-0.3, -0.25) is 0 Å². The Hall–Kier alpha value is -0.940. The molecule has 0 radical (unpaired) electrons. The highest BCUT2D eigenvalue weighted by Gasteiger charge is 2.16. The van der Waals surface area contributed by atoms with E-state index in [4.69, 9.17) is 16.7 Å². The van der Waals surface area contributed by atoms with Crippen LogP contribution < -0.4 is 4.68 Å². The van der Waals surface area contributed by atoms with E-state index in [9.17, 15) is 0 Å². The van der Waals surface area contributed by atoms with Crippen LogP contribution in [-0.2, 0) is 0 Å². The van der Waals surface area contributed by atoms with E-state index >= 15 is 0 Å². The molecule has 2 rings (SSSR count). The normalized spacial score (nSPS) is 10.2. The van der Waals surface area contributed by atoms with Gasteiger partial charge in [-0.1, -0.05) is 18.2 Å². The molecule has 0 amide bonds. The molecule has 1 N–H and O–H groups in total. The molecule has 0 atom stereocenters. The summed E-state index contributed by atoms with van der Waals surface area (Å²) in [6.45, 7) is 0. The van der Waals surface area contributed by atoms with E-state index in [0.29, 0.717) is 9.31 Å². The lowest BCUT2D eigenvalue weighted by atomic mass is 10.3. The second-order valence-electron chi connectivity index (χ2n) is 2.44. The molecule has 2 aromatic rings. The van der Waals surface area contributed by atoms with Crippen LogP contribution in [0.25, 0.3) is 5.69 Å². The summed E-state index contributed by atoms with van der Waals surface area (Å²) in [6, 6.07) is 9.74. The smallest absolute Gasteiger partial charge is 0.314 e. The summed E-state index contributed by atoms with van der Waals surface area (Å²) in [7, 11) is 0. The number of rotatable bonds is 1. The van der Waals surface area contributed by atoms with Crippen LogP contribution in [0.4, 0.5) is 0 Å². The zero-order valence-electron chi connectivity index (χ0n) is 6.53. The van der Waals surface area contributed by atoms with Crippen LogP contribution in [0.2, 0.25) is 0 Å². The second-order valence-corrected chi connectivity index (χ2v) is 3.56. The first-order chi connectivity index (χ1) is 6.29. The van der Waals surface area contributed by atoms with E-state index in [1.165, 1.54) is 0 Å². The maximum absolute atomic E-state index is 4.96. The molecular formula is C8H6BrN2OS+. The molecule has 1 aromatic heterocycles. The number of H-pyrrole nitrogens is 1. The Balaban J connectivity index is 2.60. The molecule has 0 aliphatic rings. The van der Waals surface area contributed by atoms with Crippen molar-refractivity contribution in [2.75, 3.05) is 0 Å². The molecule has 0 bridgehead atoms. The minimum absolute atomic E-state index is 0.406. The molecule has 0 saturated carbocycles. The second kappa shape index (κ2) is 3.43. The van der Waals surface area contributed by atoms with Gasteiger partial charge < -0.3 is 4.52 Å². The zero-order chi connectivity index (χ0) is 9.26. The van der Waals surface area contributed by atoms with Crippen LogP contribution >= 0.6 is 28.1 Å². The lowest BCUT2D eigenvalue weighted by Crippen LogP contribution is -2.33. The lowest BCUT2D eigenvalue weighted by Gasteiger charge is -1.87. The first-order valence-corrected chi connectivity index (χ1v) is 4.83. The summed E-state index contributed by atoms with van der Waals surface area (Å²) < 4.78 is 7.80. The summed E-state index contributed by atoms with van der Waals surface area (Å²) in [6.07, 6.45) is 0. The largest absolute Gasteiger partial charge is 0.337 e. The number of nitrogens with zero attached hydrogens (tertiary/aromatic N) is 1. The van der Waals surface area contributed by atoms with Gasteiger partial charge in [0.15, 0.2) is 0 Å². The predicted octanol–water partition coefficient (Wildman–Crippen LogP) is 2.38. The first-order valence-electron chi connectivity index (χ1n) is 3.63. The van der Waals surface area contributed by atoms with Crippen molar-refractivity contribution in [2.24, 2.45) is 0 Å². The molecule has 1 aromatic carbocycles. The average Bonchev–Trinajstić information content (AvgIpc) is 2.49. The topological polar surface area (TPSA) is 32.8 Å². The van der Waals surface area contributed by atoms with Gasteiger partial charge in [-0.2, -0.15) is 0 Å². The molecular weight excluding hydrogens is 252 g/mol. The van der Waals surface area contributed by atoms with Gasteiger partial charge in [0.05, 0.1) is 0 Å². The lowest BCUT2D eigenvalue weighted by molar-refractivity contribution is -0.680. The third-order valence-electron chi connectivity index (χ3n) is 1.61. The summed E-state index contributed by atoms with van der Waals surface area (Å²) in [5, 5.41) is 2.68. The standard InChI is InChI=1S/C8H5BrN2OS/c9-7-8(13)12-10-11(7)6-4-2-1-3-5-6/h1-5H/p+1. The molecule has 0 fully saturated rings. The number of hydrogen-bond acceptors (Lipinski definition) is 2. The number of aromatic amines is 1. The molecule has 66 valence electrons. The monoisotopic (exact) mass is 257 g/mol. The van der Waals surface area contributed by atoms with Crippen LogP contribution in [0.15, 0.2) is 39.5 Å². The van der Waals surface area contributed by atoms with Gasteiger partial charge in [0.1, 0.15) is 0 Å². The highest BCUT2D eigenvalue weighted by molar-refractivity contribution is 9.10. The first kappa shape index (κ1) is 8.65. The maximum Gasteiger partial charge on any atom is 0.337 e. The van der Waals surface area contributed by atoms with Crippen LogP contribution in [0.1, 0.15) is 0 Å². The predicted molar refractivity (Wildman–Crippen MR) is 53.1 cm³/mol. The van der Waals surface area contributed by atoms with Crippen molar-refractivity contribution in [1.82, 2.24) is 5.27 Å². The van der Waals surface area contributed by atoms with Gasteiger partial charge >= 0.3 is 9.31 Å². The average molecular weight is 258 g/mol. The summed E-state index contributed by atoms with van der Waals surface area (Å²) in [5.74, 6) is 0. The Morgan fingerprint density at radius 1 is 1.31 bits per heavy atom. The SMILES string of the molecule is S=c1o[nH][n+](-c2ccccc2)c1Br. The zero-order valence-corrected chi connectivity index (χ0v) is 8.93. The van der Waals surface area contributed by atoms with Gasteiger partial charge in [-0.05, 0) is 22.2 Å². The van der Waals surface area contributed by atoms with Crippen molar-refractivity contribution in [3.05, 3.63) is 39.6 Å². The van der Waals surface area contributed by atoms with Gasteiger partial charge in [0, 0.05) is 28.1 Å². The van der Waals surface area contributed by atoms with E-state index in [1.54, 1.807) is 4.68 Å². The molecule has 0 spiro atoms. The van der Waals surface area contributed by atoms with Gasteiger partial charge in [-0.15, -0.1) is 0 Å². The van der Waals surface area contributed by atoms with Crippen molar-refractivity contribution in [1.29, 1.82) is 0 Å². The third kappa shape index (κ3) is 1.57. The highest BCUT2D eigenvalue weighted by atomic mass is 79.9. The van der Waals surface area contributed by atoms with E-state index < -0.39 is 0 Å². The molecule has 0 saturated heterocycles. The molecule has 5 heteroatoms. The Morgan fingerprint density at radius 3 is 2.54 bits per heavy atom. The van der Waals surface area contributed by atoms with Crippen molar-refractivity contribution in [2.45, 2.75) is 0 Å². The molecule has 0 aliphatic heterocycles. The van der Waals surface area contributed by atoms with E-state index in [2.05, 4.69) is 21.2 Å². The summed E-state index contributed by atoms with van der Waals surface area (Å²) in [5.41, 5.74) is 0.967. The van der Waals surface area contributed by atoms with Gasteiger partial charge in [-0.25, -0.2) is 0 Å². The number of nitrogens with one attached hydrogen (secondary N) is 1. The van der Waals surface area contributed by atoms with Crippen LogP contribution in [0.3, 0.4) is 0 Å². The quantitative estimate of drug-likeness (QED) is 0.629. The summed E-state index contributed by atoms with van der Waals surface area (Å²) in [4.78, 5) is 0. The number of aromatic nitrogens is 2. The minimum Gasteiger partial charge on any atom is -0.314 e. The number of benzene rings is 1. The van der Waals surface area contributed by atoms with Crippen LogP contribution in [-0.4, -0.2) is 5.27 Å². The number of para-hydroxylation sites is 1. The molecule has 3 nitrogen and oxygen atoms in total. The fraction of sp³-hybridized carbons (Fsp3) is 0. The Labute approximate surface area is 88.1 Å². The highest BCUT2D eigenvalue weighted by Crippen LogP contribution is 2.08. The van der Waals surface area contributed by atoms with Gasteiger partial charge in [0.2, 0.25) is 5.69 Å². The minimum atomic E-state index is 0.406. The molecule has 0 unspecified atom stereocenters. The van der Waals surface area contributed by atoms with E-state index in [-0.39, 0.29) is 0 Å². The maximum atomic E-state index is 4.96. The van der Waals surface area contributed by atoms with Crippen molar-refractivity contribution in [3.8, 4) is 5.69 Å². The van der Waals surface area contributed by atoms with Crippen molar-refractivity contribution < 1.29 is 9.20 Å². The fourth-order valence-corrected chi connectivity index (χ4v) is 1.49. The van der Waals surface area contributed by atoms with E-state index in [1.807, 2.05) is 30.3 Å². The number of hydrogen-bond donors (Lipinski definition) is 1. The van der Waals surface area contributed by atoms with Gasteiger partial charge in [0.25, 0.3) is 0 Å². The Morgan fingerprint density at radius 2 is 2.00 bits per heavy atom. The Bertz CT molecular complexity index is 462.